The molecule has 0 saturated heterocycles. The van der Waals surface area contributed by atoms with E-state index in [1.165, 1.54) is 25.7 Å². The molecule has 2 nitrogen and oxygen atoms in total. The molecule has 1 saturated carbocycles. The summed E-state index contributed by atoms with van der Waals surface area (Å²) in [5, 5.41) is 10.2. The second-order valence-corrected chi connectivity index (χ2v) is 5.10. The zero-order valence-corrected chi connectivity index (χ0v) is 11.3. The van der Waals surface area contributed by atoms with Gasteiger partial charge in [-0.3, -0.25) is 4.90 Å². The average Bonchev–Trinajstić information content (AvgIpc) is 2.79. The first-order valence-electron chi connectivity index (χ1n) is 7.18. The lowest BCUT2D eigenvalue weighted by Gasteiger charge is -2.38. The van der Waals surface area contributed by atoms with E-state index in [2.05, 4.69) is 25.7 Å². The topological polar surface area (TPSA) is 23.5 Å². The van der Waals surface area contributed by atoms with Gasteiger partial charge in [-0.1, -0.05) is 40.0 Å². The fourth-order valence-corrected chi connectivity index (χ4v) is 3.22. The highest BCUT2D eigenvalue weighted by molar-refractivity contribution is 4.85. The van der Waals surface area contributed by atoms with E-state index in [1.807, 2.05) is 0 Å². The molecule has 96 valence electrons. The lowest BCUT2D eigenvalue weighted by Crippen LogP contribution is -2.47. The highest BCUT2D eigenvalue weighted by Crippen LogP contribution is 2.27. The molecule has 0 aromatic rings. The number of aliphatic hydroxyl groups is 1. The molecule has 0 amide bonds. The molecule has 1 aliphatic carbocycles. The Hall–Kier alpha value is -0.0800. The maximum atomic E-state index is 10.2. The van der Waals surface area contributed by atoms with Crippen LogP contribution in [0.1, 0.15) is 65.7 Å². The number of rotatable bonds is 7. The summed E-state index contributed by atoms with van der Waals surface area (Å²) in [5.41, 5.74) is 0. The van der Waals surface area contributed by atoms with Crippen LogP contribution < -0.4 is 0 Å². The van der Waals surface area contributed by atoms with Crippen molar-refractivity contribution < 1.29 is 5.11 Å². The lowest BCUT2D eigenvalue weighted by molar-refractivity contribution is 0.0208. The summed E-state index contributed by atoms with van der Waals surface area (Å²) in [4.78, 5) is 2.56. The third-order valence-corrected chi connectivity index (χ3v) is 4.03. The predicted octanol–water partition coefficient (Wildman–Crippen LogP) is 3.19. The molecule has 2 unspecified atom stereocenters. The molecule has 1 fully saturated rings. The van der Waals surface area contributed by atoms with Gasteiger partial charge in [-0.25, -0.2) is 0 Å². The summed E-state index contributed by atoms with van der Waals surface area (Å²) in [7, 11) is 0. The normalized spacial score (nSPS) is 21.6. The van der Waals surface area contributed by atoms with Crippen molar-refractivity contribution in [1.29, 1.82) is 0 Å². The average molecular weight is 227 g/mol. The van der Waals surface area contributed by atoms with E-state index >= 15 is 0 Å². The monoisotopic (exact) mass is 227 g/mol. The van der Waals surface area contributed by atoms with Crippen molar-refractivity contribution in [2.24, 2.45) is 0 Å². The van der Waals surface area contributed by atoms with Crippen LogP contribution >= 0.6 is 0 Å². The van der Waals surface area contributed by atoms with Gasteiger partial charge in [-0.15, -0.1) is 0 Å². The van der Waals surface area contributed by atoms with Gasteiger partial charge in [-0.2, -0.15) is 0 Å². The van der Waals surface area contributed by atoms with Crippen LogP contribution in [0.15, 0.2) is 0 Å². The van der Waals surface area contributed by atoms with Crippen LogP contribution in [0, 0.1) is 0 Å². The quantitative estimate of drug-likeness (QED) is 0.722. The molecule has 1 aliphatic rings. The highest BCUT2D eigenvalue weighted by atomic mass is 16.3. The van der Waals surface area contributed by atoms with Gasteiger partial charge < -0.3 is 5.11 Å². The Labute approximate surface area is 101 Å². The molecule has 0 heterocycles. The Morgan fingerprint density at radius 1 is 1.19 bits per heavy atom. The Morgan fingerprint density at radius 3 is 2.25 bits per heavy atom. The minimum Gasteiger partial charge on any atom is -0.391 e. The van der Waals surface area contributed by atoms with E-state index in [4.69, 9.17) is 0 Å². The first-order chi connectivity index (χ1) is 7.74. The van der Waals surface area contributed by atoms with Gasteiger partial charge >= 0.3 is 0 Å². The van der Waals surface area contributed by atoms with Crippen molar-refractivity contribution in [3.63, 3.8) is 0 Å². The van der Waals surface area contributed by atoms with Gasteiger partial charge in [0.2, 0.25) is 0 Å². The van der Waals surface area contributed by atoms with E-state index in [9.17, 15) is 5.11 Å². The second-order valence-electron chi connectivity index (χ2n) is 5.10. The van der Waals surface area contributed by atoms with E-state index in [0.29, 0.717) is 6.04 Å². The third-order valence-electron chi connectivity index (χ3n) is 4.03. The van der Waals surface area contributed by atoms with Crippen LogP contribution in [0.3, 0.4) is 0 Å². The molecule has 16 heavy (non-hydrogen) atoms. The summed E-state index contributed by atoms with van der Waals surface area (Å²) in [5.74, 6) is 0. The van der Waals surface area contributed by atoms with Crippen LogP contribution in [0.2, 0.25) is 0 Å². The lowest BCUT2D eigenvalue weighted by atomic mass is 9.99. The van der Waals surface area contributed by atoms with Crippen molar-refractivity contribution in [2.45, 2.75) is 83.9 Å². The first kappa shape index (κ1) is 14.0. The number of aliphatic hydroxyl groups excluding tert-OH is 1. The standard InChI is InChI=1S/C14H29NO/c1-4-9-14(16)13(5-2)15(6-3)12-10-7-8-11-12/h12-14,16H,4-11H2,1-3H3. The Balaban J connectivity index is 2.58. The fourth-order valence-electron chi connectivity index (χ4n) is 3.22. The predicted molar refractivity (Wildman–Crippen MR) is 69.6 cm³/mol. The van der Waals surface area contributed by atoms with Crippen molar-refractivity contribution in [2.75, 3.05) is 6.54 Å². The number of hydrogen-bond donors (Lipinski definition) is 1. The summed E-state index contributed by atoms with van der Waals surface area (Å²) < 4.78 is 0. The van der Waals surface area contributed by atoms with Crippen LogP contribution in [-0.4, -0.2) is 34.7 Å². The molecule has 0 bridgehead atoms. The molecule has 2 heteroatoms. The van der Waals surface area contributed by atoms with Crippen LogP contribution in [0.25, 0.3) is 0 Å². The summed E-state index contributed by atoms with van der Waals surface area (Å²) in [6, 6.07) is 1.12. The van der Waals surface area contributed by atoms with Crippen LogP contribution in [0.4, 0.5) is 0 Å². The maximum Gasteiger partial charge on any atom is 0.0695 e. The zero-order valence-electron chi connectivity index (χ0n) is 11.3. The van der Waals surface area contributed by atoms with E-state index < -0.39 is 0 Å². The summed E-state index contributed by atoms with van der Waals surface area (Å²) in [6.07, 6.45) is 8.40. The first-order valence-corrected chi connectivity index (χ1v) is 7.18. The van der Waals surface area contributed by atoms with Gasteiger partial charge in [0.25, 0.3) is 0 Å². The van der Waals surface area contributed by atoms with Gasteiger partial charge in [-0.05, 0) is 32.2 Å². The maximum absolute atomic E-state index is 10.2. The van der Waals surface area contributed by atoms with Crippen molar-refractivity contribution >= 4 is 0 Å². The summed E-state index contributed by atoms with van der Waals surface area (Å²) in [6.45, 7) is 7.69. The largest absolute Gasteiger partial charge is 0.391 e. The molecule has 1 N–H and O–H groups in total. The van der Waals surface area contributed by atoms with E-state index in [1.54, 1.807) is 0 Å². The Kier molecular flexibility index (Phi) is 6.37. The SMILES string of the molecule is CCCC(O)C(CC)N(CC)C1CCCC1. The number of nitrogens with zero attached hydrogens (tertiary/aromatic N) is 1. The van der Waals surface area contributed by atoms with Gasteiger partial charge in [0.15, 0.2) is 0 Å². The number of hydrogen-bond acceptors (Lipinski definition) is 2. The third kappa shape index (κ3) is 3.46. The second kappa shape index (κ2) is 7.29. The molecular weight excluding hydrogens is 198 g/mol. The van der Waals surface area contributed by atoms with Crippen LogP contribution in [-0.2, 0) is 0 Å². The van der Waals surface area contributed by atoms with Crippen molar-refractivity contribution in [3.05, 3.63) is 0 Å². The minimum atomic E-state index is -0.129. The summed E-state index contributed by atoms with van der Waals surface area (Å²) >= 11 is 0. The van der Waals surface area contributed by atoms with Gasteiger partial charge in [0.1, 0.15) is 0 Å². The fraction of sp³-hybridized carbons (Fsp3) is 1.00. The molecule has 0 aromatic carbocycles. The molecular formula is C14H29NO. The van der Waals surface area contributed by atoms with E-state index in [0.717, 1.165) is 31.8 Å². The zero-order chi connectivity index (χ0) is 12.0. The van der Waals surface area contributed by atoms with E-state index in [-0.39, 0.29) is 6.10 Å². The van der Waals surface area contributed by atoms with Crippen molar-refractivity contribution in [1.82, 2.24) is 4.90 Å². The van der Waals surface area contributed by atoms with Crippen molar-refractivity contribution in [3.8, 4) is 0 Å². The molecule has 1 rings (SSSR count). The molecule has 0 radical (unpaired) electrons. The molecule has 0 aliphatic heterocycles. The minimum absolute atomic E-state index is 0.129. The Morgan fingerprint density at radius 2 is 1.81 bits per heavy atom. The Bertz CT molecular complexity index is 178. The molecule has 0 spiro atoms. The van der Waals surface area contributed by atoms with Gasteiger partial charge in [0, 0.05) is 12.1 Å². The highest BCUT2D eigenvalue weighted by Gasteiger charge is 2.30. The number of likely N-dealkylation sites (N-methyl/N-ethyl adjacent to an activating group) is 1. The van der Waals surface area contributed by atoms with Crippen LogP contribution in [0.5, 0.6) is 0 Å². The van der Waals surface area contributed by atoms with Gasteiger partial charge in [0.05, 0.1) is 6.10 Å². The molecule has 2 atom stereocenters. The molecule has 0 aromatic heterocycles. The smallest absolute Gasteiger partial charge is 0.0695 e.